The van der Waals surface area contributed by atoms with Gasteiger partial charge in [0.2, 0.25) is 0 Å². The van der Waals surface area contributed by atoms with Crippen LogP contribution in [0, 0.1) is 6.92 Å². The number of carbonyl (C=O) groups is 1. The monoisotopic (exact) mass is 487 g/mol. The van der Waals surface area contributed by atoms with Gasteiger partial charge < -0.3 is 5.11 Å². The number of thiazole rings is 1. The number of pyridine rings is 1. The number of nitrogens with zero attached hydrogens (tertiary/aromatic N) is 4. The Morgan fingerprint density at radius 3 is 2.68 bits per heavy atom. The first-order chi connectivity index (χ1) is 16.5. The molecule has 3 heterocycles. The van der Waals surface area contributed by atoms with Gasteiger partial charge in [0.15, 0.2) is 4.34 Å². The van der Waals surface area contributed by atoms with E-state index in [1.807, 2.05) is 37.3 Å². The van der Waals surface area contributed by atoms with Crippen LogP contribution in [0.1, 0.15) is 21.5 Å². The molecule has 0 fully saturated rings. The number of anilines is 1. The molecule has 34 heavy (non-hydrogen) atoms. The maximum Gasteiger partial charge on any atom is 0.335 e. The number of hydrazone groups is 1. The summed E-state index contributed by atoms with van der Waals surface area (Å²) in [7, 11) is 0. The molecule has 0 aliphatic rings. The fraction of sp³-hybridized carbons (Fsp3) is 0.0417. The van der Waals surface area contributed by atoms with Crippen molar-refractivity contribution in [3.63, 3.8) is 0 Å². The molecule has 0 radical (unpaired) electrons. The summed E-state index contributed by atoms with van der Waals surface area (Å²) in [5.74, 6) is -1.00. The Bertz CT molecular complexity index is 1590. The number of aromatic carboxylic acids is 1. The van der Waals surface area contributed by atoms with Gasteiger partial charge in [0, 0.05) is 6.20 Å². The third kappa shape index (κ3) is 4.28. The van der Waals surface area contributed by atoms with E-state index in [1.165, 1.54) is 45.8 Å². The molecule has 168 valence electrons. The van der Waals surface area contributed by atoms with Crippen LogP contribution >= 0.6 is 23.1 Å². The Hall–Kier alpha value is -4.02. The van der Waals surface area contributed by atoms with Crippen molar-refractivity contribution >= 4 is 56.8 Å². The zero-order chi connectivity index (χ0) is 23.7. The lowest BCUT2D eigenvalue weighted by molar-refractivity contribution is 0.0697. The lowest BCUT2D eigenvalue weighted by atomic mass is 10.2. The number of carboxylic acid groups (broad SMARTS) is 1. The minimum Gasteiger partial charge on any atom is -0.478 e. The Morgan fingerprint density at radius 2 is 1.91 bits per heavy atom. The number of rotatable bonds is 6. The van der Waals surface area contributed by atoms with E-state index < -0.39 is 5.97 Å². The average molecular weight is 488 g/mol. The van der Waals surface area contributed by atoms with Gasteiger partial charge in [0.25, 0.3) is 5.56 Å². The molecule has 2 aromatic carbocycles. The fourth-order valence-corrected chi connectivity index (χ4v) is 5.38. The Labute approximate surface area is 201 Å². The van der Waals surface area contributed by atoms with Crippen LogP contribution < -0.4 is 11.0 Å². The van der Waals surface area contributed by atoms with Crippen LogP contribution in [0.3, 0.4) is 0 Å². The van der Waals surface area contributed by atoms with Gasteiger partial charge in [0.05, 0.1) is 33.2 Å². The maximum atomic E-state index is 13.3. The highest BCUT2D eigenvalue weighted by Gasteiger charge is 2.16. The third-order valence-electron chi connectivity index (χ3n) is 5.03. The Balaban J connectivity index is 1.53. The number of aromatic nitrogens is 3. The number of hydrogen-bond acceptors (Lipinski definition) is 8. The van der Waals surface area contributed by atoms with E-state index in [0.717, 1.165) is 20.1 Å². The van der Waals surface area contributed by atoms with E-state index in [1.54, 1.807) is 24.4 Å². The van der Waals surface area contributed by atoms with E-state index in [0.29, 0.717) is 21.9 Å². The van der Waals surface area contributed by atoms with Crippen LogP contribution in [0.4, 0.5) is 5.69 Å². The quantitative estimate of drug-likeness (QED) is 0.199. The molecule has 8 nitrogen and oxygen atoms in total. The molecule has 5 rings (SSSR count). The van der Waals surface area contributed by atoms with E-state index in [2.05, 4.69) is 15.5 Å². The number of benzene rings is 2. The molecule has 0 aliphatic heterocycles. The average Bonchev–Trinajstić information content (AvgIpc) is 3.24. The number of fused-ring (bicyclic) bond motifs is 2. The zero-order valence-corrected chi connectivity index (χ0v) is 19.4. The van der Waals surface area contributed by atoms with Gasteiger partial charge in [0.1, 0.15) is 10.7 Å². The summed E-state index contributed by atoms with van der Waals surface area (Å²) in [4.78, 5) is 33.8. The highest BCUT2D eigenvalue weighted by Crippen LogP contribution is 2.34. The molecule has 0 saturated heterocycles. The summed E-state index contributed by atoms with van der Waals surface area (Å²) in [5.41, 5.74) is 6.03. The van der Waals surface area contributed by atoms with Crippen LogP contribution in [0.25, 0.3) is 15.9 Å². The molecule has 0 unspecified atom stereocenters. The minimum atomic E-state index is -1.00. The van der Waals surface area contributed by atoms with Crippen LogP contribution in [-0.2, 0) is 0 Å². The van der Waals surface area contributed by atoms with Crippen molar-refractivity contribution in [3.8, 4) is 0 Å². The summed E-state index contributed by atoms with van der Waals surface area (Å²) in [6.45, 7) is 1.91. The second-order valence-corrected chi connectivity index (χ2v) is 9.59. The summed E-state index contributed by atoms with van der Waals surface area (Å²) in [6, 6.07) is 17.7. The predicted octanol–water partition coefficient (Wildman–Crippen LogP) is 4.91. The molecule has 0 saturated carbocycles. The van der Waals surface area contributed by atoms with Gasteiger partial charge in [-0.2, -0.15) is 5.10 Å². The van der Waals surface area contributed by atoms with Crippen LogP contribution in [0.5, 0.6) is 0 Å². The maximum absolute atomic E-state index is 13.3. The second-order valence-electron chi connectivity index (χ2n) is 7.32. The molecule has 3 aromatic heterocycles. The van der Waals surface area contributed by atoms with Crippen molar-refractivity contribution in [1.82, 2.24) is 14.4 Å². The van der Waals surface area contributed by atoms with Crippen molar-refractivity contribution < 1.29 is 9.90 Å². The zero-order valence-electron chi connectivity index (χ0n) is 17.8. The lowest BCUT2D eigenvalue weighted by Gasteiger charge is -2.08. The summed E-state index contributed by atoms with van der Waals surface area (Å²) >= 11 is 2.86. The standard InChI is InChI=1S/C24H17N5O3S2/c1-14-5-4-12-29-20(14)27-21(34-24-26-18-6-2-3-7-19(18)33-24)17(22(29)30)13-25-28-16-10-8-15(9-11-16)23(31)32/h2-13,28H,1H3,(H,31,32). The molecule has 10 heteroatoms. The molecule has 0 atom stereocenters. The van der Waals surface area contributed by atoms with E-state index in [-0.39, 0.29) is 11.1 Å². The number of aryl methyl sites for hydroxylation is 1. The molecule has 5 aromatic rings. The molecular formula is C24H17N5O3S2. The first kappa shape index (κ1) is 21.8. The van der Waals surface area contributed by atoms with Gasteiger partial charge in [-0.05, 0) is 66.7 Å². The first-order valence-corrected chi connectivity index (χ1v) is 11.8. The first-order valence-electron chi connectivity index (χ1n) is 10.2. The molecule has 2 N–H and O–H groups in total. The van der Waals surface area contributed by atoms with Gasteiger partial charge >= 0.3 is 5.97 Å². The van der Waals surface area contributed by atoms with Gasteiger partial charge in [-0.3, -0.25) is 14.6 Å². The number of para-hydroxylation sites is 1. The molecular weight excluding hydrogens is 470 g/mol. The molecule has 0 aliphatic carbocycles. The second kappa shape index (κ2) is 9.08. The van der Waals surface area contributed by atoms with Crippen LogP contribution in [-0.4, -0.2) is 31.7 Å². The van der Waals surface area contributed by atoms with E-state index >= 15 is 0 Å². The largest absolute Gasteiger partial charge is 0.478 e. The Kier molecular flexibility index (Phi) is 5.83. The van der Waals surface area contributed by atoms with Gasteiger partial charge in [-0.25, -0.2) is 14.8 Å². The highest BCUT2D eigenvalue weighted by molar-refractivity contribution is 8.01. The molecule has 0 spiro atoms. The molecule has 0 bridgehead atoms. The molecule has 0 amide bonds. The Morgan fingerprint density at radius 1 is 1.12 bits per heavy atom. The predicted molar refractivity (Wildman–Crippen MR) is 135 cm³/mol. The van der Waals surface area contributed by atoms with Crippen molar-refractivity contribution in [2.45, 2.75) is 16.3 Å². The van der Waals surface area contributed by atoms with Crippen LogP contribution in [0.15, 0.2) is 86.1 Å². The summed E-state index contributed by atoms with van der Waals surface area (Å²) in [5, 5.41) is 13.8. The van der Waals surface area contributed by atoms with E-state index in [9.17, 15) is 9.59 Å². The normalized spacial score (nSPS) is 11.4. The van der Waals surface area contributed by atoms with Crippen molar-refractivity contribution in [3.05, 3.63) is 93.9 Å². The summed E-state index contributed by atoms with van der Waals surface area (Å²) in [6.07, 6.45) is 3.12. The van der Waals surface area contributed by atoms with E-state index in [4.69, 9.17) is 10.1 Å². The van der Waals surface area contributed by atoms with Crippen molar-refractivity contribution in [2.24, 2.45) is 5.10 Å². The van der Waals surface area contributed by atoms with Crippen molar-refractivity contribution in [1.29, 1.82) is 0 Å². The van der Waals surface area contributed by atoms with Crippen LogP contribution in [0.2, 0.25) is 0 Å². The highest BCUT2D eigenvalue weighted by atomic mass is 32.2. The van der Waals surface area contributed by atoms with Crippen molar-refractivity contribution in [2.75, 3.05) is 5.43 Å². The lowest BCUT2D eigenvalue weighted by Crippen LogP contribution is -2.21. The number of nitrogens with one attached hydrogen (secondary N) is 1. The SMILES string of the molecule is Cc1cccn2c(=O)c(C=NNc3ccc(C(=O)O)cc3)c(Sc3nc4ccccc4s3)nc12. The minimum absolute atomic E-state index is 0.177. The summed E-state index contributed by atoms with van der Waals surface area (Å²) < 4.78 is 3.33. The van der Waals surface area contributed by atoms with Gasteiger partial charge in [-0.15, -0.1) is 11.3 Å². The topological polar surface area (TPSA) is 109 Å². The third-order valence-corrected chi connectivity index (χ3v) is 7.13. The van der Waals surface area contributed by atoms with Gasteiger partial charge in [-0.1, -0.05) is 18.2 Å². The fourth-order valence-electron chi connectivity index (χ4n) is 3.32. The number of hydrogen-bond donors (Lipinski definition) is 2. The number of carboxylic acids is 1. The smallest absolute Gasteiger partial charge is 0.335 e.